The Kier molecular flexibility index (Phi) is 6.47. The van der Waals surface area contributed by atoms with Crippen molar-refractivity contribution in [3.05, 3.63) is 35.9 Å². The van der Waals surface area contributed by atoms with E-state index >= 15 is 0 Å². The maximum absolute atomic E-state index is 13.0. The zero-order chi connectivity index (χ0) is 19.2. The number of aromatic nitrogens is 1. The van der Waals surface area contributed by atoms with E-state index in [0.29, 0.717) is 56.0 Å². The molecule has 1 fully saturated rings. The van der Waals surface area contributed by atoms with E-state index in [1.165, 1.54) is 0 Å². The number of hydrogen-bond donors (Lipinski definition) is 1. The van der Waals surface area contributed by atoms with Crippen LogP contribution in [0.2, 0.25) is 0 Å². The summed E-state index contributed by atoms with van der Waals surface area (Å²) in [6.45, 7) is 5.36. The summed E-state index contributed by atoms with van der Waals surface area (Å²) >= 11 is 0. The Morgan fingerprint density at radius 3 is 2.63 bits per heavy atom. The van der Waals surface area contributed by atoms with Gasteiger partial charge in [0.05, 0.1) is 13.2 Å². The van der Waals surface area contributed by atoms with Crippen LogP contribution < -0.4 is 10.2 Å². The van der Waals surface area contributed by atoms with E-state index < -0.39 is 0 Å². The van der Waals surface area contributed by atoms with Gasteiger partial charge in [-0.1, -0.05) is 35.5 Å². The molecule has 1 aromatic heterocycles. The molecule has 2 aromatic rings. The third-order valence-corrected chi connectivity index (χ3v) is 4.98. The lowest BCUT2D eigenvalue weighted by Gasteiger charge is -2.27. The van der Waals surface area contributed by atoms with Crippen molar-refractivity contribution >= 4 is 11.7 Å². The third kappa shape index (κ3) is 4.67. The molecule has 1 N–H and O–H groups in total. The predicted molar refractivity (Wildman–Crippen MR) is 105 cm³/mol. The smallest absolute Gasteiger partial charge is 0.259 e. The number of nitrogens with one attached hydrogen (secondary N) is 1. The van der Waals surface area contributed by atoms with Crippen LogP contribution in [0.15, 0.2) is 34.9 Å². The predicted octanol–water partition coefficient (Wildman–Crippen LogP) is 2.25. The maximum Gasteiger partial charge on any atom is 0.259 e. The highest BCUT2D eigenvalue weighted by Gasteiger charge is 2.28. The molecule has 0 spiro atoms. The normalized spacial score (nSPS) is 15.8. The van der Waals surface area contributed by atoms with Gasteiger partial charge in [0.2, 0.25) is 0 Å². The van der Waals surface area contributed by atoms with Crippen molar-refractivity contribution in [2.45, 2.75) is 19.4 Å². The van der Waals surface area contributed by atoms with E-state index in [0.717, 1.165) is 12.0 Å². The van der Waals surface area contributed by atoms with Crippen molar-refractivity contribution in [3.8, 4) is 11.3 Å². The van der Waals surface area contributed by atoms with Crippen LogP contribution in [0.25, 0.3) is 11.3 Å². The Morgan fingerprint density at radius 1 is 1.26 bits per heavy atom. The summed E-state index contributed by atoms with van der Waals surface area (Å²) in [6.07, 6.45) is 0.873. The van der Waals surface area contributed by atoms with Gasteiger partial charge in [-0.25, -0.2) is 0 Å². The first-order valence-corrected chi connectivity index (χ1v) is 9.40. The summed E-state index contributed by atoms with van der Waals surface area (Å²) in [5, 5.41) is 7.27. The largest absolute Gasteiger partial charge is 0.378 e. The molecule has 27 heavy (non-hydrogen) atoms. The lowest BCUT2D eigenvalue weighted by Crippen LogP contribution is -2.38. The van der Waals surface area contributed by atoms with Gasteiger partial charge in [-0.15, -0.1) is 0 Å². The number of morpholine rings is 1. The molecule has 0 bridgehead atoms. The number of anilines is 1. The fourth-order valence-corrected chi connectivity index (χ4v) is 3.01. The molecule has 3 rings (SSSR count). The van der Waals surface area contributed by atoms with Crippen LogP contribution in [0, 0.1) is 0 Å². The molecule has 7 nitrogen and oxygen atoms in total. The molecule has 7 heteroatoms. The fraction of sp³-hybridized carbons (Fsp3) is 0.500. The number of ether oxygens (including phenoxy) is 1. The van der Waals surface area contributed by atoms with Crippen LogP contribution in [0.4, 0.5) is 5.82 Å². The maximum atomic E-state index is 13.0. The van der Waals surface area contributed by atoms with Gasteiger partial charge >= 0.3 is 0 Å². The van der Waals surface area contributed by atoms with Crippen LogP contribution in [0.5, 0.6) is 0 Å². The van der Waals surface area contributed by atoms with Gasteiger partial charge in [0.25, 0.3) is 5.91 Å². The Hall–Kier alpha value is -2.38. The summed E-state index contributed by atoms with van der Waals surface area (Å²) < 4.78 is 11.0. The highest BCUT2D eigenvalue weighted by molar-refractivity contribution is 6.04. The second-order valence-corrected chi connectivity index (χ2v) is 7.03. The second-order valence-electron chi connectivity index (χ2n) is 7.03. The number of rotatable bonds is 7. The van der Waals surface area contributed by atoms with Gasteiger partial charge in [0, 0.05) is 31.2 Å². The lowest BCUT2D eigenvalue weighted by molar-refractivity contribution is 0.0949. The Balaban J connectivity index is 1.83. The lowest BCUT2D eigenvalue weighted by atomic mass is 10.1. The average Bonchev–Trinajstić information content (AvgIpc) is 3.14. The number of amides is 1. The van der Waals surface area contributed by atoms with Crippen molar-refractivity contribution in [3.63, 3.8) is 0 Å². The summed E-state index contributed by atoms with van der Waals surface area (Å²) in [5.41, 5.74) is 1.34. The van der Waals surface area contributed by atoms with E-state index in [9.17, 15) is 4.79 Å². The molecule has 1 amide bonds. The van der Waals surface area contributed by atoms with E-state index in [-0.39, 0.29) is 5.91 Å². The first-order valence-electron chi connectivity index (χ1n) is 9.40. The highest BCUT2D eigenvalue weighted by atomic mass is 16.5. The second kappa shape index (κ2) is 9.01. The van der Waals surface area contributed by atoms with Gasteiger partial charge in [-0.2, -0.15) is 0 Å². The molecule has 1 aliphatic heterocycles. The van der Waals surface area contributed by atoms with Crippen molar-refractivity contribution < 1.29 is 14.1 Å². The van der Waals surface area contributed by atoms with Gasteiger partial charge in [-0.05, 0) is 27.4 Å². The zero-order valence-electron chi connectivity index (χ0n) is 16.3. The minimum absolute atomic E-state index is 0.150. The van der Waals surface area contributed by atoms with Crippen molar-refractivity contribution in [2.75, 3.05) is 51.8 Å². The first kappa shape index (κ1) is 19.4. The Bertz CT molecular complexity index is 739. The van der Waals surface area contributed by atoms with Gasteiger partial charge in [-0.3, -0.25) is 4.79 Å². The van der Waals surface area contributed by atoms with E-state index in [4.69, 9.17) is 9.26 Å². The Morgan fingerprint density at radius 2 is 1.96 bits per heavy atom. The molecular weight excluding hydrogens is 344 g/mol. The average molecular weight is 372 g/mol. The summed E-state index contributed by atoms with van der Waals surface area (Å²) in [6, 6.07) is 10.0. The van der Waals surface area contributed by atoms with Crippen LogP contribution in [-0.4, -0.2) is 68.9 Å². The SMILES string of the molecule is CC(CCNC(=O)c1c(N2CCOCC2)noc1-c1ccccc1)N(C)C. The molecule has 1 saturated heterocycles. The standard InChI is InChI=1S/C20H28N4O3/c1-15(23(2)3)9-10-21-20(25)17-18(16-7-5-4-6-8-16)27-22-19(17)24-11-13-26-14-12-24/h4-8,15H,9-14H2,1-3H3,(H,21,25). The van der Waals surface area contributed by atoms with E-state index in [2.05, 4.69) is 27.2 Å². The van der Waals surface area contributed by atoms with Crippen molar-refractivity contribution in [1.29, 1.82) is 0 Å². The van der Waals surface area contributed by atoms with Crippen LogP contribution in [0.3, 0.4) is 0 Å². The molecule has 1 aromatic carbocycles. The molecule has 0 radical (unpaired) electrons. The quantitative estimate of drug-likeness (QED) is 0.804. The zero-order valence-corrected chi connectivity index (χ0v) is 16.3. The summed E-state index contributed by atoms with van der Waals surface area (Å²) in [5.74, 6) is 0.952. The first-order chi connectivity index (χ1) is 13.1. The Labute approximate surface area is 160 Å². The molecule has 0 aliphatic carbocycles. The van der Waals surface area contributed by atoms with Gasteiger partial charge in [0.1, 0.15) is 5.56 Å². The van der Waals surface area contributed by atoms with Gasteiger partial charge in [0.15, 0.2) is 11.6 Å². The van der Waals surface area contributed by atoms with Gasteiger partial charge < -0.3 is 24.4 Å². The fourth-order valence-electron chi connectivity index (χ4n) is 3.01. The van der Waals surface area contributed by atoms with Crippen LogP contribution in [-0.2, 0) is 4.74 Å². The minimum atomic E-state index is -0.150. The topological polar surface area (TPSA) is 70.8 Å². The van der Waals surface area contributed by atoms with E-state index in [1.807, 2.05) is 44.4 Å². The molecule has 1 aliphatic rings. The van der Waals surface area contributed by atoms with Crippen molar-refractivity contribution in [1.82, 2.24) is 15.4 Å². The third-order valence-electron chi connectivity index (χ3n) is 4.98. The number of nitrogens with zero attached hydrogens (tertiary/aromatic N) is 3. The highest BCUT2D eigenvalue weighted by Crippen LogP contribution is 2.31. The molecule has 2 heterocycles. The number of hydrogen-bond acceptors (Lipinski definition) is 6. The summed E-state index contributed by atoms with van der Waals surface area (Å²) in [7, 11) is 4.08. The van der Waals surface area contributed by atoms with E-state index in [1.54, 1.807) is 0 Å². The molecule has 0 saturated carbocycles. The number of benzene rings is 1. The van der Waals surface area contributed by atoms with Crippen LogP contribution in [0.1, 0.15) is 23.7 Å². The molecular formula is C20H28N4O3. The van der Waals surface area contributed by atoms with Crippen LogP contribution >= 0.6 is 0 Å². The molecule has 146 valence electrons. The number of carbonyl (C=O) groups excluding carboxylic acids is 1. The number of carbonyl (C=O) groups is 1. The molecule has 1 atom stereocenters. The van der Waals surface area contributed by atoms with Crippen molar-refractivity contribution in [2.24, 2.45) is 0 Å². The monoisotopic (exact) mass is 372 g/mol. The molecule has 1 unspecified atom stereocenters. The minimum Gasteiger partial charge on any atom is -0.378 e. The summed E-state index contributed by atoms with van der Waals surface area (Å²) in [4.78, 5) is 17.2.